The van der Waals surface area contributed by atoms with Gasteiger partial charge in [0.15, 0.2) is 0 Å². The number of hydrogen-bond donors (Lipinski definition) is 0. The standard InChI is InChI=1S/C22H24N2O4S/c1-27-13-11-23(22(26)20-10-6-14-29-20)17-21(25)24(16-19-9-5-12-28-19)15-18-7-3-2-4-8-18/h2-10,12,14H,11,13,15-17H2,1H3. The van der Waals surface area contributed by atoms with Crippen LogP contribution in [0, 0.1) is 0 Å². The number of benzene rings is 1. The molecule has 0 N–H and O–H groups in total. The van der Waals surface area contributed by atoms with E-state index in [-0.39, 0.29) is 18.4 Å². The highest BCUT2D eigenvalue weighted by Gasteiger charge is 2.23. The molecule has 0 saturated carbocycles. The summed E-state index contributed by atoms with van der Waals surface area (Å²) in [5.74, 6) is 0.386. The molecular weight excluding hydrogens is 388 g/mol. The van der Waals surface area contributed by atoms with Gasteiger partial charge in [0.2, 0.25) is 5.91 Å². The van der Waals surface area contributed by atoms with Crippen LogP contribution >= 0.6 is 11.3 Å². The first-order valence-electron chi connectivity index (χ1n) is 9.33. The summed E-state index contributed by atoms with van der Waals surface area (Å²) in [6, 6.07) is 17.0. The minimum Gasteiger partial charge on any atom is -0.467 e. The summed E-state index contributed by atoms with van der Waals surface area (Å²) in [6.07, 6.45) is 1.59. The molecule has 0 spiro atoms. The van der Waals surface area contributed by atoms with E-state index in [9.17, 15) is 9.59 Å². The van der Waals surface area contributed by atoms with E-state index < -0.39 is 0 Å². The number of hydrogen-bond acceptors (Lipinski definition) is 5. The Hall–Kier alpha value is -2.90. The molecule has 0 radical (unpaired) electrons. The minimum absolute atomic E-state index is 0.0202. The predicted molar refractivity (Wildman–Crippen MR) is 112 cm³/mol. The lowest BCUT2D eigenvalue weighted by atomic mass is 10.2. The largest absolute Gasteiger partial charge is 0.467 e. The first kappa shape index (κ1) is 20.8. The molecule has 0 aliphatic carbocycles. The Labute approximate surface area is 174 Å². The fraction of sp³-hybridized carbons (Fsp3) is 0.273. The van der Waals surface area contributed by atoms with Crippen LogP contribution in [0.5, 0.6) is 0 Å². The summed E-state index contributed by atoms with van der Waals surface area (Å²) in [5, 5.41) is 1.85. The molecule has 0 fully saturated rings. The number of nitrogens with zero attached hydrogens (tertiary/aromatic N) is 2. The second-order valence-electron chi connectivity index (χ2n) is 6.51. The first-order valence-corrected chi connectivity index (χ1v) is 10.2. The molecule has 29 heavy (non-hydrogen) atoms. The van der Waals surface area contributed by atoms with Crippen molar-refractivity contribution >= 4 is 23.2 Å². The molecule has 6 nitrogen and oxygen atoms in total. The highest BCUT2D eigenvalue weighted by molar-refractivity contribution is 7.12. The molecular formula is C22H24N2O4S. The van der Waals surface area contributed by atoms with E-state index in [1.807, 2.05) is 47.8 Å². The van der Waals surface area contributed by atoms with Crippen molar-refractivity contribution < 1.29 is 18.7 Å². The first-order chi connectivity index (χ1) is 14.2. The van der Waals surface area contributed by atoms with Gasteiger partial charge in [-0.15, -0.1) is 11.3 Å². The zero-order chi connectivity index (χ0) is 20.5. The van der Waals surface area contributed by atoms with Gasteiger partial charge in [-0.1, -0.05) is 36.4 Å². The van der Waals surface area contributed by atoms with E-state index in [0.717, 1.165) is 5.56 Å². The second kappa shape index (κ2) is 10.6. The molecule has 1 aromatic carbocycles. The van der Waals surface area contributed by atoms with Crippen LogP contribution in [0.25, 0.3) is 0 Å². The zero-order valence-electron chi connectivity index (χ0n) is 16.3. The van der Waals surface area contributed by atoms with Crippen LogP contribution < -0.4 is 0 Å². The third-order valence-electron chi connectivity index (χ3n) is 4.41. The molecule has 0 saturated heterocycles. The van der Waals surface area contributed by atoms with Crippen molar-refractivity contribution in [2.75, 3.05) is 26.8 Å². The topological polar surface area (TPSA) is 63.0 Å². The summed E-state index contributed by atoms with van der Waals surface area (Å²) in [5.41, 5.74) is 1.01. The van der Waals surface area contributed by atoms with Gasteiger partial charge >= 0.3 is 0 Å². The number of methoxy groups -OCH3 is 1. The Morgan fingerprint density at radius 1 is 1.00 bits per heavy atom. The molecule has 7 heteroatoms. The van der Waals surface area contributed by atoms with Gasteiger partial charge in [-0.2, -0.15) is 0 Å². The van der Waals surface area contributed by atoms with Crippen molar-refractivity contribution in [3.8, 4) is 0 Å². The maximum atomic E-state index is 13.2. The van der Waals surface area contributed by atoms with Crippen LogP contribution in [0.1, 0.15) is 21.0 Å². The smallest absolute Gasteiger partial charge is 0.264 e. The predicted octanol–water partition coefficient (Wildman–Crippen LogP) is 3.66. The van der Waals surface area contributed by atoms with Gasteiger partial charge < -0.3 is 19.0 Å². The van der Waals surface area contributed by atoms with E-state index in [1.165, 1.54) is 16.2 Å². The fourth-order valence-corrected chi connectivity index (χ4v) is 3.59. The molecule has 0 aliphatic heterocycles. The van der Waals surface area contributed by atoms with Crippen molar-refractivity contribution in [3.05, 3.63) is 82.4 Å². The van der Waals surface area contributed by atoms with Crippen molar-refractivity contribution in [3.63, 3.8) is 0 Å². The van der Waals surface area contributed by atoms with E-state index in [4.69, 9.17) is 9.15 Å². The van der Waals surface area contributed by atoms with Gasteiger partial charge in [0.1, 0.15) is 12.3 Å². The maximum Gasteiger partial charge on any atom is 0.264 e. The molecule has 0 bridgehead atoms. The quantitative estimate of drug-likeness (QED) is 0.510. The van der Waals surface area contributed by atoms with Crippen molar-refractivity contribution in [1.82, 2.24) is 9.80 Å². The average molecular weight is 413 g/mol. The van der Waals surface area contributed by atoms with E-state index in [1.54, 1.807) is 30.4 Å². The molecule has 0 aliphatic rings. The van der Waals surface area contributed by atoms with Gasteiger partial charge in [0.25, 0.3) is 5.91 Å². The molecule has 0 atom stereocenters. The lowest BCUT2D eigenvalue weighted by molar-refractivity contribution is -0.133. The summed E-state index contributed by atoms with van der Waals surface area (Å²) in [4.78, 5) is 29.9. The maximum absolute atomic E-state index is 13.2. The lowest BCUT2D eigenvalue weighted by Crippen LogP contribution is -2.43. The van der Waals surface area contributed by atoms with Crippen LogP contribution in [0.3, 0.4) is 0 Å². The highest BCUT2D eigenvalue weighted by Crippen LogP contribution is 2.15. The average Bonchev–Trinajstić information content (AvgIpc) is 3.45. The molecule has 3 rings (SSSR count). The van der Waals surface area contributed by atoms with Crippen LogP contribution in [-0.4, -0.2) is 48.4 Å². The summed E-state index contributed by atoms with van der Waals surface area (Å²) in [6.45, 7) is 1.46. The Balaban J connectivity index is 1.75. The Kier molecular flexibility index (Phi) is 7.61. The van der Waals surface area contributed by atoms with Crippen molar-refractivity contribution in [2.45, 2.75) is 13.1 Å². The number of carbonyl (C=O) groups excluding carboxylic acids is 2. The summed E-state index contributed by atoms with van der Waals surface area (Å²) < 4.78 is 10.6. The molecule has 2 heterocycles. The summed E-state index contributed by atoms with van der Waals surface area (Å²) >= 11 is 1.36. The van der Waals surface area contributed by atoms with Gasteiger partial charge in [-0.3, -0.25) is 9.59 Å². The molecule has 3 aromatic rings. The molecule has 0 unspecified atom stereocenters. The van der Waals surface area contributed by atoms with Crippen molar-refractivity contribution in [2.24, 2.45) is 0 Å². The van der Waals surface area contributed by atoms with E-state index in [2.05, 4.69) is 0 Å². The van der Waals surface area contributed by atoms with Crippen LogP contribution in [0.2, 0.25) is 0 Å². The fourth-order valence-electron chi connectivity index (χ4n) is 2.90. The number of thiophene rings is 1. The molecule has 2 amide bonds. The van der Waals surface area contributed by atoms with Gasteiger partial charge in [0, 0.05) is 20.2 Å². The number of furan rings is 1. The second-order valence-corrected chi connectivity index (χ2v) is 7.46. The lowest BCUT2D eigenvalue weighted by Gasteiger charge is -2.27. The minimum atomic E-state index is -0.164. The Morgan fingerprint density at radius 2 is 1.83 bits per heavy atom. The SMILES string of the molecule is COCCN(CC(=O)N(Cc1ccccc1)Cc1ccco1)C(=O)c1cccs1. The van der Waals surface area contributed by atoms with Crippen LogP contribution in [0.15, 0.2) is 70.7 Å². The monoisotopic (exact) mass is 412 g/mol. The van der Waals surface area contributed by atoms with E-state index >= 15 is 0 Å². The number of amides is 2. The zero-order valence-corrected chi connectivity index (χ0v) is 17.1. The Morgan fingerprint density at radius 3 is 2.48 bits per heavy atom. The van der Waals surface area contributed by atoms with Gasteiger partial charge in [-0.05, 0) is 29.1 Å². The summed E-state index contributed by atoms with van der Waals surface area (Å²) in [7, 11) is 1.58. The third kappa shape index (κ3) is 6.04. The number of ether oxygens (including phenoxy) is 1. The van der Waals surface area contributed by atoms with Crippen LogP contribution in [0.4, 0.5) is 0 Å². The van der Waals surface area contributed by atoms with Crippen molar-refractivity contribution in [1.29, 1.82) is 0 Å². The van der Waals surface area contributed by atoms with Crippen LogP contribution in [-0.2, 0) is 22.6 Å². The van der Waals surface area contributed by atoms with Gasteiger partial charge in [-0.25, -0.2) is 0 Å². The molecule has 152 valence electrons. The number of rotatable bonds is 10. The number of carbonyl (C=O) groups is 2. The highest BCUT2D eigenvalue weighted by atomic mass is 32.1. The molecule has 2 aromatic heterocycles. The normalized spacial score (nSPS) is 10.7. The van der Waals surface area contributed by atoms with Gasteiger partial charge in [0.05, 0.1) is 24.3 Å². The third-order valence-corrected chi connectivity index (χ3v) is 5.26. The van der Waals surface area contributed by atoms with E-state index in [0.29, 0.717) is 36.9 Å². The Bertz CT molecular complexity index is 879.